The molecule has 0 saturated heterocycles. The zero-order chi connectivity index (χ0) is 19.0. The third-order valence-corrected chi connectivity index (χ3v) is 4.73. The summed E-state index contributed by atoms with van der Waals surface area (Å²) < 4.78 is 1.94. The van der Waals surface area contributed by atoms with E-state index in [2.05, 4.69) is 36.3 Å². The first-order chi connectivity index (χ1) is 13.1. The number of imidazole rings is 1. The van der Waals surface area contributed by atoms with Crippen molar-refractivity contribution in [2.45, 2.75) is 13.8 Å². The van der Waals surface area contributed by atoms with Crippen LogP contribution in [-0.4, -0.2) is 44.7 Å². The van der Waals surface area contributed by atoms with Crippen molar-refractivity contribution in [3.63, 3.8) is 0 Å². The summed E-state index contributed by atoms with van der Waals surface area (Å²) in [7, 11) is 1.90. The highest BCUT2D eigenvalue weighted by Crippen LogP contribution is 2.28. The molecule has 0 unspecified atom stereocenters. The average molecular weight is 362 g/mol. The minimum atomic E-state index is 0.0770. The molecule has 0 atom stereocenters. The smallest absolute Gasteiger partial charge is 0.166 e. The predicted molar refractivity (Wildman–Crippen MR) is 108 cm³/mol. The third kappa shape index (κ3) is 3.06. The van der Waals surface area contributed by atoms with E-state index >= 15 is 0 Å². The molecule has 0 aliphatic heterocycles. The largest absolute Gasteiger partial charge is 0.395 e. The molecule has 0 aliphatic rings. The molecule has 3 aromatic heterocycles. The van der Waals surface area contributed by atoms with Crippen LogP contribution in [-0.2, 0) is 0 Å². The summed E-state index contributed by atoms with van der Waals surface area (Å²) in [4.78, 5) is 15.7. The number of hydrogen-bond donors (Lipinski definition) is 2. The number of fused-ring (bicyclic) bond motifs is 3. The summed E-state index contributed by atoms with van der Waals surface area (Å²) in [5.74, 6) is 1.53. The maximum atomic E-state index is 9.17. The summed E-state index contributed by atoms with van der Waals surface area (Å²) in [5.41, 5.74) is 5.74. The Morgan fingerprint density at radius 1 is 1.11 bits per heavy atom. The Balaban J connectivity index is 1.85. The van der Waals surface area contributed by atoms with Crippen molar-refractivity contribution in [1.82, 2.24) is 19.4 Å². The number of nitrogens with one attached hydrogen (secondary N) is 1. The van der Waals surface area contributed by atoms with Crippen molar-refractivity contribution in [2.75, 3.05) is 30.4 Å². The molecule has 3 heterocycles. The molecule has 7 nitrogen and oxygen atoms in total. The van der Waals surface area contributed by atoms with E-state index in [1.807, 2.05) is 34.5 Å². The van der Waals surface area contributed by atoms with Gasteiger partial charge in [-0.2, -0.15) is 0 Å². The lowest BCUT2D eigenvalue weighted by atomic mass is 10.1. The standard InChI is InChI=1S/C20H22N6O/c1-13-5-4-6-14(2)18(13)24-19-16-11-21-12-26(16)20-15(22-19)7-8-17(23-20)25(3)9-10-27/h4-8,11-12,27H,9-10H2,1-3H3,(H,22,24). The molecule has 4 aromatic rings. The molecule has 27 heavy (non-hydrogen) atoms. The number of aryl methyl sites for hydroxylation is 2. The van der Waals surface area contributed by atoms with Crippen LogP contribution in [0.5, 0.6) is 0 Å². The zero-order valence-corrected chi connectivity index (χ0v) is 15.6. The van der Waals surface area contributed by atoms with Gasteiger partial charge in [0.25, 0.3) is 0 Å². The summed E-state index contributed by atoms with van der Waals surface area (Å²) in [6.07, 6.45) is 3.53. The van der Waals surface area contributed by atoms with E-state index < -0.39 is 0 Å². The predicted octanol–water partition coefficient (Wildman–Crippen LogP) is 3.07. The number of rotatable bonds is 5. The van der Waals surface area contributed by atoms with E-state index in [1.54, 1.807) is 12.5 Å². The van der Waals surface area contributed by atoms with E-state index in [-0.39, 0.29) is 6.61 Å². The van der Waals surface area contributed by atoms with Crippen LogP contribution < -0.4 is 10.2 Å². The van der Waals surface area contributed by atoms with Crippen molar-refractivity contribution in [1.29, 1.82) is 0 Å². The van der Waals surface area contributed by atoms with E-state index in [0.717, 1.165) is 45.1 Å². The van der Waals surface area contributed by atoms with Gasteiger partial charge in [-0.1, -0.05) is 18.2 Å². The Bertz CT molecular complexity index is 1100. The number of para-hydroxylation sites is 1. The zero-order valence-electron chi connectivity index (χ0n) is 15.6. The lowest BCUT2D eigenvalue weighted by molar-refractivity contribution is 0.304. The van der Waals surface area contributed by atoms with Gasteiger partial charge in [0.1, 0.15) is 23.2 Å². The van der Waals surface area contributed by atoms with Gasteiger partial charge >= 0.3 is 0 Å². The summed E-state index contributed by atoms with van der Waals surface area (Å²) >= 11 is 0. The van der Waals surface area contributed by atoms with Gasteiger partial charge < -0.3 is 15.3 Å². The second-order valence-electron chi connectivity index (χ2n) is 6.66. The summed E-state index contributed by atoms with van der Waals surface area (Å²) in [6.45, 7) is 4.75. The second-order valence-corrected chi connectivity index (χ2v) is 6.66. The van der Waals surface area contributed by atoms with Crippen molar-refractivity contribution in [2.24, 2.45) is 0 Å². The Morgan fingerprint density at radius 3 is 2.63 bits per heavy atom. The number of pyridine rings is 1. The van der Waals surface area contributed by atoms with Crippen LogP contribution in [0.2, 0.25) is 0 Å². The summed E-state index contributed by atoms with van der Waals surface area (Å²) in [5, 5.41) is 12.6. The molecule has 2 N–H and O–H groups in total. The first-order valence-corrected chi connectivity index (χ1v) is 8.86. The quantitative estimate of drug-likeness (QED) is 0.568. The lowest BCUT2D eigenvalue weighted by Gasteiger charge is -2.18. The van der Waals surface area contributed by atoms with Crippen LogP contribution >= 0.6 is 0 Å². The Hall–Kier alpha value is -3.19. The Kier molecular flexibility index (Phi) is 4.37. The molecular weight excluding hydrogens is 340 g/mol. The molecule has 0 radical (unpaired) electrons. The first-order valence-electron chi connectivity index (χ1n) is 8.86. The molecule has 0 saturated carbocycles. The topological polar surface area (TPSA) is 78.6 Å². The van der Waals surface area contributed by atoms with Crippen LogP contribution in [0.25, 0.3) is 16.7 Å². The number of anilines is 3. The molecule has 0 amide bonds. The fourth-order valence-electron chi connectivity index (χ4n) is 3.21. The van der Waals surface area contributed by atoms with Gasteiger partial charge in [0.2, 0.25) is 0 Å². The van der Waals surface area contributed by atoms with Crippen LogP contribution in [0.1, 0.15) is 11.1 Å². The van der Waals surface area contributed by atoms with Gasteiger partial charge in [-0.05, 0) is 37.1 Å². The Labute approximate surface area is 157 Å². The highest BCUT2D eigenvalue weighted by atomic mass is 16.3. The molecule has 7 heteroatoms. The SMILES string of the molecule is Cc1cccc(C)c1Nc1nc2ccc(N(C)CCO)nc2n2cncc12. The van der Waals surface area contributed by atoms with Crippen LogP contribution in [0.3, 0.4) is 0 Å². The minimum Gasteiger partial charge on any atom is -0.395 e. The third-order valence-electron chi connectivity index (χ3n) is 4.73. The van der Waals surface area contributed by atoms with Crippen molar-refractivity contribution >= 4 is 34.0 Å². The minimum absolute atomic E-state index is 0.0770. The van der Waals surface area contributed by atoms with E-state index in [9.17, 15) is 0 Å². The fourth-order valence-corrected chi connectivity index (χ4v) is 3.21. The van der Waals surface area contributed by atoms with Gasteiger partial charge in [0.15, 0.2) is 11.5 Å². The normalized spacial score (nSPS) is 11.3. The highest BCUT2D eigenvalue weighted by Gasteiger charge is 2.13. The second kappa shape index (κ2) is 6.85. The number of aromatic nitrogens is 4. The molecule has 1 aromatic carbocycles. The molecular formula is C20H22N6O. The molecule has 0 fully saturated rings. The van der Waals surface area contributed by atoms with Crippen LogP contribution in [0.15, 0.2) is 42.9 Å². The number of aliphatic hydroxyl groups is 1. The van der Waals surface area contributed by atoms with Gasteiger partial charge in [0, 0.05) is 19.3 Å². The van der Waals surface area contributed by atoms with Gasteiger partial charge in [-0.15, -0.1) is 0 Å². The van der Waals surface area contributed by atoms with Crippen LogP contribution in [0, 0.1) is 13.8 Å². The maximum Gasteiger partial charge on any atom is 0.166 e. The first kappa shape index (κ1) is 17.2. The average Bonchev–Trinajstić information content (AvgIpc) is 3.15. The van der Waals surface area contributed by atoms with Crippen molar-refractivity contribution in [3.8, 4) is 0 Å². The number of benzene rings is 1. The Morgan fingerprint density at radius 2 is 1.89 bits per heavy atom. The van der Waals surface area contributed by atoms with Crippen molar-refractivity contribution in [3.05, 3.63) is 54.0 Å². The number of likely N-dealkylation sites (N-methyl/N-ethyl adjacent to an activating group) is 1. The molecule has 4 rings (SSSR count). The number of hydrogen-bond acceptors (Lipinski definition) is 6. The van der Waals surface area contributed by atoms with E-state index in [0.29, 0.717) is 6.54 Å². The van der Waals surface area contributed by atoms with Gasteiger partial charge in [-0.3, -0.25) is 4.40 Å². The van der Waals surface area contributed by atoms with Crippen molar-refractivity contribution < 1.29 is 5.11 Å². The van der Waals surface area contributed by atoms with Crippen LogP contribution in [0.4, 0.5) is 17.3 Å². The highest BCUT2D eigenvalue weighted by molar-refractivity contribution is 5.85. The monoisotopic (exact) mass is 362 g/mol. The lowest BCUT2D eigenvalue weighted by Crippen LogP contribution is -2.22. The molecule has 0 aliphatic carbocycles. The number of nitrogens with zero attached hydrogens (tertiary/aromatic N) is 5. The van der Waals surface area contributed by atoms with Gasteiger partial charge in [-0.25, -0.2) is 15.0 Å². The maximum absolute atomic E-state index is 9.17. The van der Waals surface area contributed by atoms with Gasteiger partial charge in [0.05, 0.1) is 12.8 Å². The molecule has 0 bridgehead atoms. The van der Waals surface area contributed by atoms with E-state index in [4.69, 9.17) is 15.1 Å². The fraction of sp³-hybridized carbons (Fsp3) is 0.250. The van der Waals surface area contributed by atoms with E-state index in [1.165, 1.54) is 0 Å². The number of aliphatic hydroxyl groups excluding tert-OH is 1. The summed E-state index contributed by atoms with van der Waals surface area (Å²) in [6, 6.07) is 10.1. The molecule has 138 valence electrons. The molecule has 0 spiro atoms.